The minimum atomic E-state index is -0.0425. The van der Waals surface area contributed by atoms with Gasteiger partial charge in [0.2, 0.25) is 0 Å². The summed E-state index contributed by atoms with van der Waals surface area (Å²) in [5.74, 6) is 0.900. The lowest BCUT2D eigenvalue weighted by Gasteiger charge is -2.19. The molecule has 3 aromatic rings. The lowest BCUT2D eigenvalue weighted by atomic mass is 10.0. The van der Waals surface area contributed by atoms with Crippen LogP contribution in [0.1, 0.15) is 22.9 Å². The number of hydrogen-bond donors (Lipinski definition) is 1. The third-order valence-corrected chi connectivity index (χ3v) is 4.55. The van der Waals surface area contributed by atoms with Crippen LogP contribution in [0.2, 0.25) is 5.02 Å². The first-order valence-corrected chi connectivity index (χ1v) is 8.91. The maximum absolute atomic E-state index is 12.6. The summed E-state index contributed by atoms with van der Waals surface area (Å²) in [6, 6.07) is 21.4. The summed E-state index contributed by atoms with van der Waals surface area (Å²) in [5.41, 5.74) is 2.16. The Morgan fingerprint density at radius 3 is 2.46 bits per heavy atom. The fourth-order valence-electron chi connectivity index (χ4n) is 2.87. The molecule has 2 N–H and O–H groups in total. The molecule has 0 saturated carbocycles. The number of carbonyl (C=O) groups excluding carboxylic acids is 1. The summed E-state index contributed by atoms with van der Waals surface area (Å²) < 4.78 is 5.58. The van der Waals surface area contributed by atoms with E-state index in [1.807, 2.05) is 79.1 Å². The van der Waals surface area contributed by atoms with Crippen LogP contribution < -0.4 is 5.32 Å². The highest BCUT2D eigenvalue weighted by atomic mass is 35.5. The predicted octanol–water partition coefficient (Wildman–Crippen LogP) is 3.24. The third-order valence-electron chi connectivity index (χ3n) is 4.30. The SMILES string of the molecule is CN(Cc1ccc(Cl)cc1)C(=O)C[NH2+][C@H](c1ccccc1)c1ccco1. The van der Waals surface area contributed by atoms with Crippen LogP contribution in [0.3, 0.4) is 0 Å². The Balaban J connectivity index is 1.63. The second-order valence-electron chi connectivity index (χ2n) is 6.22. The molecule has 0 saturated heterocycles. The molecule has 0 aliphatic rings. The van der Waals surface area contributed by atoms with Crippen molar-refractivity contribution in [2.75, 3.05) is 13.6 Å². The van der Waals surface area contributed by atoms with Gasteiger partial charge in [-0.05, 0) is 29.8 Å². The molecule has 1 heterocycles. The van der Waals surface area contributed by atoms with Gasteiger partial charge in [0.15, 0.2) is 18.3 Å². The van der Waals surface area contributed by atoms with Gasteiger partial charge in [-0.15, -0.1) is 0 Å². The number of quaternary nitrogens is 1. The van der Waals surface area contributed by atoms with E-state index in [0.717, 1.165) is 16.9 Å². The molecular formula is C21H22ClN2O2+. The number of rotatable bonds is 7. The molecule has 0 fully saturated rings. The monoisotopic (exact) mass is 369 g/mol. The van der Waals surface area contributed by atoms with Gasteiger partial charge in [0, 0.05) is 24.2 Å². The molecule has 134 valence electrons. The highest BCUT2D eigenvalue weighted by Crippen LogP contribution is 2.18. The van der Waals surface area contributed by atoms with Crippen molar-refractivity contribution < 1.29 is 14.5 Å². The van der Waals surface area contributed by atoms with Gasteiger partial charge in [-0.1, -0.05) is 54.1 Å². The Hall–Kier alpha value is -2.56. The van der Waals surface area contributed by atoms with E-state index < -0.39 is 0 Å². The Bertz CT molecular complexity index is 817. The average molecular weight is 370 g/mol. The zero-order valence-electron chi connectivity index (χ0n) is 14.6. The molecule has 5 heteroatoms. The highest BCUT2D eigenvalue weighted by Gasteiger charge is 2.22. The van der Waals surface area contributed by atoms with E-state index in [2.05, 4.69) is 0 Å². The first-order valence-electron chi connectivity index (χ1n) is 8.53. The number of halogens is 1. The van der Waals surface area contributed by atoms with Crippen LogP contribution in [0, 0.1) is 0 Å². The standard InChI is InChI=1S/C21H21ClN2O2/c1-24(15-16-9-11-18(22)12-10-16)20(25)14-23-21(19-8-5-13-26-19)17-6-3-2-4-7-17/h2-13,21,23H,14-15H2,1H3/p+1/t21-/m1/s1. The number of hydrogen-bond acceptors (Lipinski definition) is 2. The van der Waals surface area contributed by atoms with E-state index in [1.165, 1.54) is 0 Å². The van der Waals surface area contributed by atoms with Gasteiger partial charge in [0.1, 0.15) is 0 Å². The van der Waals surface area contributed by atoms with Gasteiger partial charge < -0.3 is 14.6 Å². The third kappa shape index (κ3) is 4.75. The topological polar surface area (TPSA) is 50.1 Å². The van der Waals surface area contributed by atoms with Crippen molar-refractivity contribution in [3.63, 3.8) is 0 Å². The highest BCUT2D eigenvalue weighted by molar-refractivity contribution is 6.30. The summed E-state index contributed by atoms with van der Waals surface area (Å²) in [6.45, 7) is 0.894. The summed E-state index contributed by atoms with van der Waals surface area (Å²) in [5, 5.41) is 2.70. The van der Waals surface area contributed by atoms with Crippen LogP contribution >= 0.6 is 11.6 Å². The molecule has 26 heavy (non-hydrogen) atoms. The van der Waals surface area contributed by atoms with E-state index in [0.29, 0.717) is 18.1 Å². The quantitative estimate of drug-likeness (QED) is 0.695. The largest absolute Gasteiger partial charge is 0.463 e. The number of nitrogens with zero attached hydrogens (tertiary/aromatic N) is 1. The van der Waals surface area contributed by atoms with Gasteiger partial charge in [-0.2, -0.15) is 0 Å². The normalized spacial score (nSPS) is 11.9. The predicted molar refractivity (Wildman–Crippen MR) is 102 cm³/mol. The molecular weight excluding hydrogens is 348 g/mol. The van der Waals surface area contributed by atoms with Gasteiger partial charge in [0.05, 0.1) is 6.26 Å². The Morgan fingerprint density at radius 1 is 1.08 bits per heavy atom. The first-order chi connectivity index (χ1) is 12.6. The number of carbonyl (C=O) groups is 1. The zero-order chi connectivity index (χ0) is 18.4. The molecule has 4 nitrogen and oxygen atoms in total. The fourth-order valence-corrected chi connectivity index (χ4v) is 3.00. The minimum absolute atomic E-state index is 0.0425. The van der Waals surface area contributed by atoms with E-state index in [9.17, 15) is 4.79 Å². The molecule has 0 radical (unpaired) electrons. The van der Waals surface area contributed by atoms with Crippen LogP contribution in [0.5, 0.6) is 0 Å². The van der Waals surface area contributed by atoms with Crippen LogP contribution in [0.25, 0.3) is 0 Å². The summed E-state index contributed by atoms with van der Waals surface area (Å²) >= 11 is 5.91. The van der Waals surface area contributed by atoms with Gasteiger partial charge in [-0.3, -0.25) is 4.79 Å². The molecule has 0 spiro atoms. The second-order valence-corrected chi connectivity index (χ2v) is 6.66. The molecule has 2 aromatic carbocycles. The van der Waals surface area contributed by atoms with Crippen molar-refractivity contribution >= 4 is 17.5 Å². The van der Waals surface area contributed by atoms with E-state index in [1.54, 1.807) is 11.2 Å². The van der Waals surface area contributed by atoms with Crippen LogP contribution in [-0.4, -0.2) is 24.4 Å². The van der Waals surface area contributed by atoms with Gasteiger partial charge in [-0.25, -0.2) is 0 Å². The number of furan rings is 1. The Labute approximate surface area is 158 Å². The molecule has 0 aliphatic heterocycles. The molecule has 0 unspecified atom stereocenters. The maximum Gasteiger partial charge on any atom is 0.277 e. The Morgan fingerprint density at radius 2 is 1.81 bits per heavy atom. The molecule has 1 atom stereocenters. The van der Waals surface area contributed by atoms with Crippen LogP contribution in [0.4, 0.5) is 0 Å². The number of nitrogens with two attached hydrogens (primary N) is 1. The van der Waals surface area contributed by atoms with Crippen LogP contribution in [0.15, 0.2) is 77.4 Å². The first kappa shape index (κ1) is 18.2. The van der Waals surface area contributed by atoms with E-state index in [4.69, 9.17) is 16.0 Å². The van der Waals surface area contributed by atoms with Crippen molar-refractivity contribution in [3.05, 3.63) is 94.9 Å². The van der Waals surface area contributed by atoms with Crippen molar-refractivity contribution in [2.45, 2.75) is 12.6 Å². The van der Waals surface area contributed by atoms with Crippen molar-refractivity contribution in [1.29, 1.82) is 0 Å². The Kier molecular flexibility index (Phi) is 6.10. The molecule has 0 aliphatic carbocycles. The molecule has 3 rings (SSSR count). The summed E-state index contributed by atoms with van der Waals surface area (Å²) in [7, 11) is 1.81. The lowest BCUT2D eigenvalue weighted by Crippen LogP contribution is -2.87. The number of amides is 1. The minimum Gasteiger partial charge on any atom is -0.463 e. The van der Waals surface area contributed by atoms with Gasteiger partial charge >= 0.3 is 0 Å². The van der Waals surface area contributed by atoms with E-state index in [-0.39, 0.29) is 11.9 Å². The van der Waals surface area contributed by atoms with Gasteiger partial charge in [0.25, 0.3) is 5.91 Å². The number of likely N-dealkylation sites (N-methyl/N-ethyl adjacent to an activating group) is 1. The second kappa shape index (κ2) is 8.70. The van der Waals surface area contributed by atoms with Crippen molar-refractivity contribution in [2.24, 2.45) is 0 Å². The number of benzene rings is 2. The smallest absolute Gasteiger partial charge is 0.277 e. The molecule has 1 aromatic heterocycles. The fraction of sp³-hybridized carbons (Fsp3) is 0.190. The van der Waals surface area contributed by atoms with Crippen molar-refractivity contribution in [1.82, 2.24) is 4.90 Å². The van der Waals surface area contributed by atoms with E-state index >= 15 is 0 Å². The maximum atomic E-state index is 12.6. The zero-order valence-corrected chi connectivity index (χ0v) is 15.4. The summed E-state index contributed by atoms with van der Waals surface area (Å²) in [6.07, 6.45) is 1.66. The summed E-state index contributed by atoms with van der Waals surface area (Å²) in [4.78, 5) is 14.3. The van der Waals surface area contributed by atoms with Crippen LogP contribution in [-0.2, 0) is 11.3 Å². The lowest BCUT2D eigenvalue weighted by molar-refractivity contribution is -0.679. The molecule has 0 bridgehead atoms. The molecule has 1 amide bonds. The average Bonchev–Trinajstić information content (AvgIpc) is 3.19. The van der Waals surface area contributed by atoms with Crippen molar-refractivity contribution in [3.8, 4) is 0 Å².